The van der Waals surface area contributed by atoms with Gasteiger partial charge in [0.05, 0.1) is 17.1 Å². The Morgan fingerprint density at radius 3 is 2.71 bits per heavy atom. The van der Waals surface area contributed by atoms with Gasteiger partial charge in [-0.2, -0.15) is 4.98 Å². The Morgan fingerprint density at radius 1 is 1.35 bits per heavy atom. The lowest BCUT2D eigenvalue weighted by molar-refractivity contribution is 0.413. The van der Waals surface area contributed by atoms with Gasteiger partial charge < -0.3 is 9.84 Å². The summed E-state index contributed by atoms with van der Waals surface area (Å²) in [4.78, 5) is 8.64. The normalized spacial score (nSPS) is 11.8. The fourth-order valence-corrected chi connectivity index (χ4v) is 1.96. The molecule has 2 heterocycles. The van der Waals surface area contributed by atoms with Gasteiger partial charge in [-0.15, -0.1) is 11.3 Å². The molecule has 0 unspecified atom stereocenters. The van der Waals surface area contributed by atoms with Crippen LogP contribution in [-0.2, 0) is 6.42 Å². The minimum absolute atomic E-state index is 0.0823. The van der Waals surface area contributed by atoms with Gasteiger partial charge in [0, 0.05) is 10.9 Å². The van der Waals surface area contributed by atoms with Crippen molar-refractivity contribution in [2.75, 3.05) is 5.32 Å². The van der Waals surface area contributed by atoms with Gasteiger partial charge in [0.25, 0.3) is 0 Å². The smallest absolute Gasteiger partial charge is 0.321 e. The number of nitrogens with one attached hydrogen (secondary N) is 1. The van der Waals surface area contributed by atoms with E-state index >= 15 is 0 Å². The maximum atomic E-state index is 5.12. The Hall–Kier alpha value is -1.43. The molecule has 2 aromatic rings. The molecule has 2 aromatic heterocycles. The number of rotatable bonds is 3. The molecule has 0 aliphatic carbocycles. The van der Waals surface area contributed by atoms with E-state index in [-0.39, 0.29) is 5.54 Å². The Kier molecular flexibility index (Phi) is 3.15. The molecule has 5 nitrogen and oxygen atoms in total. The van der Waals surface area contributed by atoms with Crippen LogP contribution in [0.2, 0.25) is 0 Å². The lowest BCUT2D eigenvalue weighted by Crippen LogP contribution is -2.26. The lowest BCUT2D eigenvalue weighted by Gasteiger charge is -2.17. The highest BCUT2D eigenvalue weighted by molar-refractivity contribution is 7.09. The molecule has 0 fully saturated rings. The molecule has 1 N–H and O–H groups in total. The van der Waals surface area contributed by atoms with Crippen LogP contribution >= 0.6 is 11.3 Å². The molecule has 0 spiro atoms. The third-order valence-electron chi connectivity index (χ3n) is 1.96. The second-order valence-electron chi connectivity index (χ2n) is 4.93. The third kappa shape index (κ3) is 3.52. The van der Waals surface area contributed by atoms with E-state index < -0.39 is 0 Å². The van der Waals surface area contributed by atoms with E-state index in [1.807, 2.05) is 33.1 Å². The largest absolute Gasteiger partial charge is 0.333 e. The SMILES string of the molecule is Cc1nc(Cc2noc(NC(C)(C)C)n2)cs1. The van der Waals surface area contributed by atoms with Crippen molar-refractivity contribution in [3.63, 3.8) is 0 Å². The number of hydrogen-bond donors (Lipinski definition) is 1. The first kappa shape index (κ1) is 12.0. The zero-order valence-electron chi connectivity index (χ0n) is 10.4. The number of hydrogen-bond acceptors (Lipinski definition) is 6. The van der Waals surface area contributed by atoms with E-state index in [9.17, 15) is 0 Å². The number of anilines is 1. The predicted octanol–water partition coefficient (Wildman–Crippen LogP) is 2.64. The molecule has 0 aliphatic rings. The first-order valence-corrected chi connectivity index (χ1v) is 6.32. The highest BCUT2D eigenvalue weighted by Crippen LogP contribution is 2.15. The lowest BCUT2D eigenvalue weighted by atomic mass is 10.1. The van der Waals surface area contributed by atoms with E-state index in [0.717, 1.165) is 10.7 Å². The van der Waals surface area contributed by atoms with Crippen LogP contribution in [0.5, 0.6) is 0 Å². The average molecular weight is 252 g/mol. The highest BCUT2D eigenvalue weighted by Gasteiger charge is 2.15. The van der Waals surface area contributed by atoms with Crippen LogP contribution < -0.4 is 5.32 Å². The van der Waals surface area contributed by atoms with Crippen LogP contribution in [0.1, 0.15) is 37.3 Å². The monoisotopic (exact) mass is 252 g/mol. The topological polar surface area (TPSA) is 63.8 Å². The molecule has 17 heavy (non-hydrogen) atoms. The quantitative estimate of drug-likeness (QED) is 0.909. The fourth-order valence-electron chi connectivity index (χ4n) is 1.35. The first-order chi connectivity index (χ1) is 7.92. The summed E-state index contributed by atoms with van der Waals surface area (Å²) in [6.45, 7) is 8.11. The van der Waals surface area contributed by atoms with Crippen LogP contribution in [0.15, 0.2) is 9.90 Å². The maximum absolute atomic E-state index is 5.12. The molecule has 0 atom stereocenters. The summed E-state index contributed by atoms with van der Waals surface area (Å²) >= 11 is 1.63. The van der Waals surface area contributed by atoms with Gasteiger partial charge in [-0.05, 0) is 27.7 Å². The van der Waals surface area contributed by atoms with Crippen LogP contribution in [0.25, 0.3) is 0 Å². The van der Waals surface area contributed by atoms with Crippen molar-refractivity contribution in [2.45, 2.75) is 39.7 Å². The summed E-state index contributed by atoms with van der Waals surface area (Å²) in [7, 11) is 0. The third-order valence-corrected chi connectivity index (χ3v) is 2.78. The van der Waals surface area contributed by atoms with Crippen molar-refractivity contribution in [3.8, 4) is 0 Å². The van der Waals surface area contributed by atoms with Crippen LogP contribution in [0.3, 0.4) is 0 Å². The second-order valence-corrected chi connectivity index (χ2v) is 5.99. The van der Waals surface area contributed by atoms with Gasteiger partial charge in [-0.25, -0.2) is 4.98 Å². The number of thiazole rings is 1. The molecular formula is C11H16N4OS. The molecule has 0 aliphatic heterocycles. The second kappa shape index (κ2) is 4.44. The van der Waals surface area contributed by atoms with E-state index in [1.54, 1.807) is 11.3 Å². The minimum Gasteiger partial charge on any atom is -0.333 e. The van der Waals surface area contributed by atoms with Crippen molar-refractivity contribution >= 4 is 17.4 Å². The van der Waals surface area contributed by atoms with E-state index in [4.69, 9.17) is 4.52 Å². The summed E-state index contributed by atoms with van der Waals surface area (Å²) in [5.74, 6) is 0.655. The zero-order valence-corrected chi connectivity index (χ0v) is 11.3. The molecule has 0 saturated carbocycles. The predicted molar refractivity (Wildman–Crippen MR) is 67.3 cm³/mol. The summed E-state index contributed by atoms with van der Waals surface area (Å²) in [5, 5.41) is 10.1. The Balaban J connectivity index is 2.03. The minimum atomic E-state index is -0.0823. The van der Waals surface area contributed by atoms with E-state index in [2.05, 4.69) is 20.4 Å². The molecule has 0 aromatic carbocycles. The molecular weight excluding hydrogens is 236 g/mol. The maximum Gasteiger partial charge on any atom is 0.321 e. The molecule has 0 saturated heterocycles. The summed E-state index contributed by atoms with van der Waals surface area (Å²) in [5.41, 5.74) is 0.900. The molecule has 0 radical (unpaired) electrons. The summed E-state index contributed by atoms with van der Waals surface area (Å²) in [6, 6.07) is 0.458. The molecule has 0 amide bonds. The van der Waals surface area contributed by atoms with E-state index in [1.165, 1.54) is 0 Å². The molecule has 0 bridgehead atoms. The molecule has 6 heteroatoms. The molecule has 2 rings (SSSR count). The van der Waals surface area contributed by atoms with Crippen molar-refractivity contribution in [1.29, 1.82) is 0 Å². The van der Waals surface area contributed by atoms with Gasteiger partial charge in [-0.3, -0.25) is 0 Å². The van der Waals surface area contributed by atoms with Crippen molar-refractivity contribution in [1.82, 2.24) is 15.1 Å². The van der Waals surface area contributed by atoms with Crippen LogP contribution in [0.4, 0.5) is 6.01 Å². The molecule has 92 valence electrons. The van der Waals surface area contributed by atoms with Gasteiger partial charge in [-0.1, -0.05) is 5.16 Å². The number of aryl methyl sites for hydroxylation is 1. The standard InChI is InChI=1S/C11H16N4OS/c1-7-12-8(6-17-7)5-9-13-10(16-15-9)14-11(2,3)4/h6H,5H2,1-4H3,(H,13,14,15). The van der Waals surface area contributed by atoms with Crippen LogP contribution in [0, 0.1) is 6.92 Å². The summed E-state index contributed by atoms with van der Waals surface area (Å²) < 4.78 is 5.12. The van der Waals surface area contributed by atoms with Crippen molar-refractivity contribution < 1.29 is 4.52 Å². The van der Waals surface area contributed by atoms with Gasteiger partial charge in [0.2, 0.25) is 0 Å². The Labute approximate surface area is 104 Å². The van der Waals surface area contributed by atoms with E-state index in [0.29, 0.717) is 18.3 Å². The fraction of sp³-hybridized carbons (Fsp3) is 0.545. The average Bonchev–Trinajstić information content (AvgIpc) is 2.74. The number of aromatic nitrogens is 3. The van der Waals surface area contributed by atoms with Gasteiger partial charge in [0.15, 0.2) is 5.82 Å². The highest BCUT2D eigenvalue weighted by atomic mass is 32.1. The Bertz CT molecular complexity index is 498. The zero-order chi connectivity index (χ0) is 12.5. The van der Waals surface area contributed by atoms with Gasteiger partial charge >= 0.3 is 6.01 Å². The van der Waals surface area contributed by atoms with Crippen molar-refractivity contribution in [3.05, 3.63) is 21.9 Å². The first-order valence-electron chi connectivity index (χ1n) is 5.44. The van der Waals surface area contributed by atoms with Crippen LogP contribution in [-0.4, -0.2) is 20.7 Å². The summed E-state index contributed by atoms with van der Waals surface area (Å²) in [6.07, 6.45) is 0.611. The number of nitrogens with zero attached hydrogens (tertiary/aromatic N) is 3. The van der Waals surface area contributed by atoms with Crippen molar-refractivity contribution in [2.24, 2.45) is 0 Å². The van der Waals surface area contributed by atoms with Gasteiger partial charge in [0.1, 0.15) is 0 Å². The Morgan fingerprint density at radius 2 is 2.12 bits per heavy atom.